The van der Waals surface area contributed by atoms with Crippen LogP contribution in [0.5, 0.6) is 0 Å². The van der Waals surface area contributed by atoms with Gasteiger partial charge in [-0.05, 0) is 55.9 Å². The fourth-order valence-corrected chi connectivity index (χ4v) is 2.91. The van der Waals surface area contributed by atoms with Crippen LogP contribution in [0.3, 0.4) is 0 Å². The molecule has 0 aromatic carbocycles. The summed E-state index contributed by atoms with van der Waals surface area (Å²) in [6, 6.07) is 0. The van der Waals surface area contributed by atoms with Gasteiger partial charge in [-0.25, -0.2) is 0 Å². The third-order valence-corrected chi connectivity index (χ3v) is 4.22. The lowest BCUT2D eigenvalue weighted by atomic mass is 9.62. The van der Waals surface area contributed by atoms with E-state index in [1.807, 2.05) is 0 Å². The molecule has 0 aromatic heterocycles. The van der Waals surface area contributed by atoms with Crippen molar-refractivity contribution in [3.05, 3.63) is 0 Å². The zero-order valence-corrected chi connectivity index (χ0v) is 9.16. The van der Waals surface area contributed by atoms with Crippen LogP contribution < -0.4 is 5.32 Å². The smallest absolute Gasteiger partial charge is 0.000782 e. The molecule has 0 aromatic rings. The van der Waals surface area contributed by atoms with E-state index in [4.69, 9.17) is 0 Å². The lowest BCUT2D eigenvalue weighted by Gasteiger charge is -2.46. The van der Waals surface area contributed by atoms with Gasteiger partial charge in [0.05, 0.1) is 0 Å². The molecule has 0 atom stereocenters. The van der Waals surface area contributed by atoms with E-state index in [1.54, 1.807) is 0 Å². The molecule has 2 rings (SSSR count). The fraction of sp³-hybridized carbons (Fsp3) is 1.00. The summed E-state index contributed by atoms with van der Waals surface area (Å²) in [6.07, 6.45) is 8.69. The molecule has 0 radical (unpaired) electrons. The lowest BCUT2D eigenvalue weighted by molar-refractivity contribution is 0.0758. The molecule has 76 valence electrons. The highest BCUT2D eigenvalue weighted by molar-refractivity contribution is 4.92. The van der Waals surface area contributed by atoms with E-state index < -0.39 is 0 Å². The van der Waals surface area contributed by atoms with Crippen molar-refractivity contribution in [1.82, 2.24) is 5.32 Å². The highest BCUT2D eigenvalue weighted by Crippen LogP contribution is 2.47. The van der Waals surface area contributed by atoms with Crippen LogP contribution in [0.15, 0.2) is 0 Å². The standard InChI is InChI=1S/C12H23N/c1-11(2)5-7-12(8-6-11)4-3-9-13-10-12/h13H,3-10H2,1-2H3. The van der Waals surface area contributed by atoms with Crippen LogP contribution in [0, 0.1) is 10.8 Å². The Labute approximate surface area is 82.3 Å². The first-order chi connectivity index (χ1) is 6.12. The molecule has 1 aliphatic heterocycles. The summed E-state index contributed by atoms with van der Waals surface area (Å²) in [4.78, 5) is 0. The van der Waals surface area contributed by atoms with Crippen molar-refractivity contribution >= 4 is 0 Å². The van der Waals surface area contributed by atoms with Crippen molar-refractivity contribution in [2.75, 3.05) is 13.1 Å². The van der Waals surface area contributed by atoms with Gasteiger partial charge < -0.3 is 5.32 Å². The molecule has 13 heavy (non-hydrogen) atoms. The van der Waals surface area contributed by atoms with Crippen LogP contribution in [0.2, 0.25) is 0 Å². The Bertz CT molecular complexity index is 166. The van der Waals surface area contributed by atoms with Crippen molar-refractivity contribution in [1.29, 1.82) is 0 Å². The van der Waals surface area contributed by atoms with Crippen LogP contribution >= 0.6 is 0 Å². The van der Waals surface area contributed by atoms with Gasteiger partial charge in [0, 0.05) is 6.54 Å². The van der Waals surface area contributed by atoms with Crippen LogP contribution in [0.4, 0.5) is 0 Å². The van der Waals surface area contributed by atoms with E-state index in [-0.39, 0.29) is 0 Å². The molecular weight excluding hydrogens is 158 g/mol. The lowest BCUT2D eigenvalue weighted by Crippen LogP contribution is -2.43. The molecule has 0 unspecified atom stereocenters. The SMILES string of the molecule is CC1(C)CCC2(CCCNC2)CC1. The minimum Gasteiger partial charge on any atom is -0.316 e. The third kappa shape index (κ3) is 2.07. The highest BCUT2D eigenvalue weighted by Gasteiger charge is 2.38. The van der Waals surface area contributed by atoms with E-state index >= 15 is 0 Å². The first-order valence-electron chi connectivity index (χ1n) is 5.83. The largest absolute Gasteiger partial charge is 0.316 e. The van der Waals surface area contributed by atoms with E-state index in [2.05, 4.69) is 19.2 Å². The van der Waals surface area contributed by atoms with Crippen molar-refractivity contribution in [3.8, 4) is 0 Å². The molecule has 1 aliphatic carbocycles. The molecule has 1 spiro atoms. The normalized spacial score (nSPS) is 31.8. The molecule has 1 heterocycles. The molecule has 0 bridgehead atoms. The van der Waals surface area contributed by atoms with Gasteiger partial charge in [0.25, 0.3) is 0 Å². The summed E-state index contributed by atoms with van der Waals surface area (Å²) < 4.78 is 0. The summed E-state index contributed by atoms with van der Waals surface area (Å²) in [5.41, 5.74) is 1.33. The van der Waals surface area contributed by atoms with Crippen molar-refractivity contribution in [2.45, 2.75) is 52.4 Å². The van der Waals surface area contributed by atoms with Crippen LogP contribution in [-0.4, -0.2) is 13.1 Å². The van der Waals surface area contributed by atoms with Gasteiger partial charge in [0.1, 0.15) is 0 Å². The Morgan fingerprint density at radius 3 is 2.15 bits per heavy atom. The molecule has 1 saturated heterocycles. The molecule has 2 aliphatic rings. The molecule has 0 amide bonds. The maximum Gasteiger partial charge on any atom is 0.000782 e. The Morgan fingerprint density at radius 1 is 0.923 bits per heavy atom. The Morgan fingerprint density at radius 2 is 1.62 bits per heavy atom. The monoisotopic (exact) mass is 181 g/mol. The quantitative estimate of drug-likeness (QED) is 0.606. The highest BCUT2D eigenvalue weighted by atomic mass is 14.9. The third-order valence-electron chi connectivity index (χ3n) is 4.22. The molecule has 1 heteroatoms. The van der Waals surface area contributed by atoms with Gasteiger partial charge in [-0.3, -0.25) is 0 Å². The molecule has 1 N–H and O–H groups in total. The van der Waals surface area contributed by atoms with Gasteiger partial charge in [-0.2, -0.15) is 0 Å². The van der Waals surface area contributed by atoms with E-state index in [1.165, 1.54) is 51.6 Å². The van der Waals surface area contributed by atoms with Crippen LogP contribution in [0.25, 0.3) is 0 Å². The van der Waals surface area contributed by atoms with Gasteiger partial charge in [-0.1, -0.05) is 13.8 Å². The van der Waals surface area contributed by atoms with Crippen LogP contribution in [0.1, 0.15) is 52.4 Å². The number of piperidine rings is 1. The van der Waals surface area contributed by atoms with E-state index in [9.17, 15) is 0 Å². The zero-order chi connectivity index (χ0) is 9.36. The first kappa shape index (κ1) is 9.51. The second kappa shape index (κ2) is 3.27. The Hall–Kier alpha value is -0.0400. The van der Waals surface area contributed by atoms with E-state index in [0.29, 0.717) is 10.8 Å². The average Bonchev–Trinajstić information content (AvgIpc) is 2.13. The van der Waals surface area contributed by atoms with Crippen molar-refractivity contribution in [2.24, 2.45) is 10.8 Å². The molecular formula is C12H23N. The van der Waals surface area contributed by atoms with Gasteiger partial charge in [0.2, 0.25) is 0 Å². The summed E-state index contributed by atoms with van der Waals surface area (Å²) >= 11 is 0. The topological polar surface area (TPSA) is 12.0 Å². The number of hydrogen-bond acceptors (Lipinski definition) is 1. The maximum absolute atomic E-state index is 3.57. The second-order valence-electron chi connectivity index (χ2n) is 5.94. The van der Waals surface area contributed by atoms with Crippen molar-refractivity contribution < 1.29 is 0 Å². The molecule has 1 saturated carbocycles. The molecule has 2 fully saturated rings. The zero-order valence-electron chi connectivity index (χ0n) is 9.16. The Kier molecular flexibility index (Phi) is 2.39. The number of hydrogen-bond donors (Lipinski definition) is 1. The van der Waals surface area contributed by atoms with E-state index in [0.717, 1.165) is 0 Å². The average molecular weight is 181 g/mol. The summed E-state index contributed by atoms with van der Waals surface area (Å²) in [6.45, 7) is 7.40. The number of nitrogens with one attached hydrogen (secondary N) is 1. The molecule has 1 nitrogen and oxygen atoms in total. The number of rotatable bonds is 0. The maximum atomic E-state index is 3.57. The van der Waals surface area contributed by atoms with Gasteiger partial charge in [0.15, 0.2) is 0 Å². The Balaban J connectivity index is 1.95. The fourth-order valence-electron chi connectivity index (χ4n) is 2.91. The van der Waals surface area contributed by atoms with Crippen LogP contribution in [-0.2, 0) is 0 Å². The first-order valence-corrected chi connectivity index (χ1v) is 5.83. The predicted octanol–water partition coefficient (Wildman–Crippen LogP) is 2.96. The van der Waals surface area contributed by atoms with Crippen molar-refractivity contribution in [3.63, 3.8) is 0 Å². The minimum atomic E-state index is 0.628. The summed E-state index contributed by atoms with van der Waals surface area (Å²) in [7, 11) is 0. The predicted molar refractivity (Wildman–Crippen MR) is 56.8 cm³/mol. The minimum absolute atomic E-state index is 0.628. The second-order valence-corrected chi connectivity index (χ2v) is 5.94. The van der Waals surface area contributed by atoms with Gasteiger partial charge in [-0.15, -0.1) is 0 Å². The van der Waals surface area contributed by atoms with Gasteiger partial charge >= 0.3 is 0 Å². The summed E-state index contributed by atoms with van der Waals surface area (Å²) in [5.74, 6) is 0. The summed E-state index contributed by atoms with van der Waals surface area (Å²) in [5, 5.41) is 3.57.